The van der Waals surface area contributed by atoms with Crippen LogP contribution in [0.25, 0.3) is 5.69 Å². The average molecular weight is 295 g/mol. The molecular formula is C11H7BrN2O3. The van der Waals surface area contributed by atoms with Gasteiger partial charge in [-0.05, 0) is 28.1 Å². The Labute approximate surface area is 104 Å². The molecule has 0 unspecified atom stereocenters. The number of carbonyl (C=O) groups excluding carboxylic acids is 1. The van der Waals surface area contributed by atoms with E-state index in [1.807, 2.05) is 0 Å². The Morgan fingerprint density at radius 1 is 1.35 bits per heavy atom. The van der Waals surface area contributed by atoms with Crippen molar-refractivity contribution in [3.8, 4) is 11.4 Å². The van der Waals surface area contributed by atoms with Crippen molar-refractivity contribution in [3.05, 3.63) is 50.9 Å². The summed E-state index contributed by atoms with van der Waals surface area (Å²) in [5.74, 6) is -0.423. The summed E-state index contributed by atoms with van der Waals surface area (Å²) in [7, 11) is 0. The molecule has 0 bridgehead atoms. The second-order valence-corrected chi connectivity index (χ2v) is 4.09. The number of carbonyl (C=O) groups is 1. The first-order chi connectivity index (χ1) is 8.13. The van der Waals surface area contributed by atoms with Gasteiger partial charge in [0.25, 0.3) is 5.56 Å². The zero-order chi connectivity index (χ0) is 12.4. The van der Waals surface area contributed by atoms with Crippen molar-refractivity contribution in [1.82, 2.24) is 9.78 Å². The molecule has 1 N–H and O–H groups in total. The SMILES string of the molecule is O=Cc1nn(-c2ccccc2Br)c(=O)cc1O. The van der Waals surface area contributed by atoms with E-state index in [-0.39, 0.29) is 5.69 Å². The molecule has 0 radical (unpaired) electrons. The number of hydrogen-bond acceptors (Lipinski definition) is 4. The lowest BCUT2D eigenvalue weighted by Gasteiger charge is -2.07. The molecule has 5 nitrogen and oxygen atoms in total. The fourth-order valence-corrected chi connectivity index (χ4v) is 1.79. The monoisotopic (exact) mass is 294 g/mol. The first-order valence-corrected chi connectivity index (χ1v) is 5.46. The van der Waals surface area contributed by atoms with Crippen molar-refractivity contribution in [3.63, 3.8) is 0 Å². The molecule has 0 fully saturated rings. The molecular weight excluding hydrogens is 288 g/mol. The number of rotatable bonds is 2. The predicted molar refractivity (Wildman–Crippen MR) is 64.6 cm³/mol. The minimum absolute atomic E-state index is 0.180. The molecule has 0 aliphatic rings. The second-order valence-electron chi connectivity index (χ2n) is 3.23. The van der Waals surface area contributed by atoms with Crippen LogP contribution < -0.4 is 5.56 Å². The molecule has 2 rings (SSSR count). The van der Waals surface area contributed by atoms with Gasteiger partial charge in [-0.2, -0.15) is 9.78 Å². The molecule has 0 saturated carbocycles. The van der Waals surface area contributed by atoms with Gasteiger partial charge in [0.1, 0.15) is 0 Å². The van der Waals surface area contributed by atoms with Gasteiger partial charge < -0.3 is 5.11 Å². The largest absolute Gasteiger partial charge is 0.505 e. The van der Waals surface area contributed by atoms with Gasteiger partial charge >= 0.3 is 0 Å². The summed E-state index contributed by atoms with van der Waals surface area (Å²) in [4.78, 5) is 22.3. The smallest absolute Gasteiger partial charge is 0.275 e. The molecule has 0 saturated heterocycles. The third-order valence-corrected chi connectivity index (χ3v) is 2.80. The van der Waals surface area contributed by atoms with Crippen LogP contribution in [0.5, 0.6) is 5.75 Å². The van der Waals surface area contributed by atoms with Crippen LogP contribution >= 0.6 is 15.9 Å². The fraction of sp³-hybridized carbons (Fsp3) is 0. The summed E-state index contributed by atoms with van der Waals surface area (Å²) in [6.45, 7) is 0. The predicted octanol–water partition coefficient (Wildman–Crippen LogP) is 1.51. The van der Waals surface area contributed by atoms with Gasteiger partial charge in [0, 0.05) is 10.5 Å². The molecule has 0 aliphatic carbocycles. The van der Waals surface area contributed by atoms with Gasteiger partial charge in [0.05, 0.1) is 5.69 Å². The van der Waals surface area contributed by atoms with Crippen LogP contribution in [-0.4, -0.2) is 21.2 Å². The molecule has 17 heavy (non-hydrogen) atoms. The lowest BCUT2D eigenvalue weighted by Crippen LogP contribution is -2.21. The van der Waals surface area contributed by atoms with Crippen molar-refractivity contribution in [2.24, 2.45) is 0 Å². The summed E-state index contributed by atoms with van der Waals surface area (Å²) in [6, 6.07) is 7.90. The lowest BCUT2D eigenvalue weighted by molar-refractivity contribution is 0.111. The molecule has 6 heteroatoms. The number of halogens is 1. The summed E-state index contributed by atoms with van der Waals surface area (Å²) in [6.07, 6.45) is 0.391. The van der Waals surface area contributed by atoms with E-state index in [2.05, 4.69) is 21.0 Å². The molecule has 0 spiro atoms. The zero-order valence-electron chi connectivity index (χ0n) is 8.50. The zero-order valence-corrected chi connectivity index (χ0v) is 10.1. The van der Waals surface area contributed by atoms with E-state index in [9.17, 15) is 14.7 Å². The van der Waals surface area contributed by atoms with E-state index in [0.717, 1.165) is 10.7 Å². The Bertz CT molecular complexity index is 637. The number of aromatic nitrogens is 2. The van der Waals surface area contributed by atoms with Crippen molar-refractivity contribution in [2.45, 2.75) is 0 Å². The Morgan fingerprint density at radius 3 is 2.71 bits per heavy atom. The van der Waals surface area contributed by atoms with Crippen LogP contribution in [0.1, 0.15) is 10.5 Å². The van der Waals surface area contributed by atoms with Crippen molar-refractivity contribution >= 4 is 22.2 Å². The van der Waals surface area contributed by atoms with Crippen LogP contribution in [0.2, 0.25) is 0 Å². The van der Waals surface area contributed by atoms with Crippen LogP contribution in [0, 0.1) is 0 Å². The Hall–Kier alpha value is -1.95. The number of aromatic hydroxyl groups is 1. The van der Waals surface area contributed by atoms with E-state index in [1.54, 1.807) is 24.3 Å². The second kappa shape index (κ2) is 4.50. The van der Waals surface area contributed by atoms with Gasteiger partial charge in [-0.25, -0.2) is 0 Å². The van der Waals surface area contributed by atoms with Gasteiger partial charge in [-0.3, -0.25) is 9.59 Å². The summed E-state index contributed by atoms with van der Waals surface area (Å²) < 4.78 is 1.71. The molecule has 0 aliphatic heterocycles. The first kappa shape index (κ1) is 11.5. The quantitative estimate of drug-likeness (QED) is 0.852. The third-order valence-electron chi connectivity index (χ3n) is 2.13. The van der Waals surface area contributed by atoms with E-state index in [1.165, 1.54) is 0 Å². The molecule has 0 amide bonds. The summed E-state index contributed by atoms with van der Waals surface area (Å²) >= 11 is 3.28. The highest BCUT2D eigenvalue weighted by molar-refractivity contribution is 9.10. The average Bonchev–Trinajstić information content (AvgIpc) is 2.31. The molecule has 2 aromatic rings. The topological polar surface area (TPSA) is 72.2 Å². The van der Waals surface area contributed by atoms with Crippen molar-refractivity contribution in [2.75, 3.05) is 0 Å². The Morgan fingerprint density at radius 2 is 2.06 bits per heavy atom. The minimum atomic E-state index is -0.514. The van der Waals surface area contributed by atoms with E-state index in [0.29, 0.717) is 16.4 Å². The number of hydrogen-bond donors (Lipinski definition) is 1. The fourth-order valence-electron chi connectivity index (χ4n) is 1.34. The van der Waals surface area contributed by atoms with Crippen LogP contribution in [0.4, 0.5) is 0 Å². The van der Waals surface area contributed by atoms with Crippen LogP contribution in [0.15, 0.2) is 39.6 Å². The summed E-state index contributed by atoms with van der Waals surface area (Å²) in [5, 5.41) is 13.1. The lowest BCUT2D eigenvalue weighted by atomic mass is 10.3. The highest BCUT2D eigenvalue weighted by Gasteiger charge is 2.10. The van der Waals surface area contributed by atoms with Gasteiger partial charge in [0.2, 0.25) is 0 Å². The Kier molecular flexibility index (Phi) is 3.06. The molecule has 86 valence electrons. The maximum Gasteiger partial charge on any atom is 0.275 e. The highest BCUT2D eigenvalue weighted by Crippen LogP contribution is 2.19. The molecule has 1 heterocycles. The number of aldehydes is 1. The minimum Gasteiger partial charge on any atom is -0.505 e. The number of nitrogens with zero attached hydrogens (tertiary/aromatic N) is 2. The van der Waals surface area contributed by atoms with Crippen LogP contribution in [-0.2, 0) is 0 Å². The maximum atomic E-state index is 11.7. The Balaban J connectivity index is 2.72. The van der Waals surface area contributed by atoms with E-state index >= 15 is 0 Å². The van der Waals surface area contributed by atoms with Gasteiger partial charge in [0.15, 0.2) is 17.7 Å². The summed E-state index contributed by atoms with van der Waals surface area (Å²) in [5.41, 5.74) is -0.194. The highest BCUT2D eigenvalue weighted by atomic mass is 79.9. The van der Waals surface area contributed by atoms with Gasteiger partial charge in [-0.15, -0.1) is 0 Å². The van der Waals surface area contributed by atoms with Crippen molar-refractivity contribution < 1.29 is 9.90 Å². The third kappa shape index (κ3) is 2.12. The van der Waals surface area contributed by atoms with Crippen LogP contribution in [0.3, 0.4) is 0 Å². The maximum absolute atomic E-state index is 11.7. The molecule has 1 aromatic carbocycles. The number of benzene rings is 1. The van der Waals surface area contributed by atoms with E-state index < -0.39 is 11.3 Å². The van der Waals surface area contributed by atoms with Gasteiger partial charge in [-0.1, -0.05) is 12.1 Å². The molecule has 1 aromatic heterocycles. The molecule has 0 atom stereocenters. The van der Waals surface area contributed by atoms with E-state index in [4.69, 9.17) is 0 Å². The normalized spacial score (nSPS) is 10.2. The first-order valence-electron chi connectivity index (χ1n) is 4.67. The number of para-hydroxylation sites is 1. The standard InChI is InChI=1S/C11H7BrN2O3/c12-7-3-1-2-4-9(7)14-11(17)5-10(16)8(6-15)13-14/h1-6,16H. The van der Waals surface area contributed by atoms with Crippen molar-refractivity contribution in [1.29, 1.82) is 0 Å².